The molecular formula is C15H16ClN3O4. The van der Waals surface area contributed by atoms with Crippen molar-refractivity contribution in [2.75, 3.05) is 18.0 Å². The van der Waals surface area contributed by atoms with Gasteiger partial charge in [-0.25, -0.2) is 4.79 Å². The second kappa shape index (κ2) is 6.08. The van der Waals surface area contributed by atoms with Gasteiger partial charge >= 0.3 is 12.0 Å². The minimum Gasteiger partial charge on any atom is -0.481 e. The molecular weight excluding hydrogens is 322 g/mol. The average molecular weight is 338 g/mol. The maximum Gasteiger partial charge on any atom is 0.322 e. The number of hydrogen-bond donors (Lipinski definition) is 3. The van der Waals surface area contributed by atoms with Gasteiger partial charge in [0, 0.05) is 24.7 Å². The highest BCUT2D eigenvalue weighted by molar-refractivity contribution is 6.34. The van der Waals surface area contributed by atoms with Gasteiger partial charge in [0.25, 0.3) is 5.91 Å². The summed E-state index contributed by atoms with van der Waals surface area (Å²) in [5, 5.41) is 14.7. The van der Waals surface area contributed by atoms with Gasteiger partial charge < -0.3 is 15.7 Å². The molecule has 8 heteroatoms. The molecule has 3 amide bonds. The maximum atomic E-state index is 12.3. The van der Waals surface area contributed by atoms with Crippen molar-refractivity contribution >= 4 is 35.2 Å². The van der Waals surface area contributed by atoms with Crippen LogP contribution in [-0.2, 0) is 4.79 Å². The number of carboxylic acid groups (broad SMARTS) is 1. The molecule has 1 saturated carbocycles. The largest absolute Gasteiger partial charge is 0.481 e. The fourth-order valence-electron chi connectivity index (χ4n) is 2.77. The van der Waals surface area contributed by atoms with E-state index < -0.39 is 5.97 Å². The normalized spacial score (nSPS) is 23.2. The minimum absolute atomic E-state index is 0.127. The maximum absolute atomic E-state index is 12.3. The molecule has 3 N–H and O–H groups in total. The number of nitrogens with zero attached hydrogens (tertiary/aromatic N) is 1. The van der Waals surface area contributed by atoms with Crippen LogP contribution in [0.25, 0.3) is 0 Å². The minimum atomic E-state index is -0.829. The van der Waals surface area contributed by atoms with E-state index in [2.05, 4.69) is 10.6 Å². The van der Waals surface area contributed by atoms with Crippen molar-refractivity contribution in [3.8, 4) is 0 Å². The Hall–Kier alpha value is -2.28. The summed E-state index contributed by atoms with van der Waals surface area (Å²) in [4.78, 5) is 36.3. The standard InChI is InChI=1S/C15H16ClN3O4/c16-11-2-1-8(7-12(11)19-4-3-17-15(19)23)13(20)18-10-5-9(6-10)14(21)22/h1-2,7,9-10H,3-6H2,(H,17,23)(H,18,20)(H,21,22). The van der Waals surface area contributed by atoms with E-state index in [0.717, 1.165) is 0 Å². The Morgan fingerprint density at radius 2 is 2.09 bits per heavy atom. The number of urea groups is 1. The molecule has 0 unspecified atom stereocenters. The molecule has 0 spiro atoms. The van der Waals surface area contributed by atoms with Crippen molar-refractivity contribution in [3.05, 3.63) is 28.8 Å². The third-order valence-electron chi connectivity index (χ3n) is 4.18. The zero-order valence-electron chi connectivity index (χ0n) is 12.2. The lowest BCUT2D eigenvalue weighted by molar-refractivity contribution is -0.145. The summed E-state index contributed by atoms with van der Waals surface area (Å²) in [6.45, 7) is 1.02. The van der Waals surface area contributed by atoms with Gasteiger partial charge in [-0.1, -0.05) is 11.6 Å². The monoisotopic (exact) mass is 337 g/mol. The fourth-order valence-corrected chi connectivity index (χ4v) is 2.99. The molecule has 1 heterocycles. The summed E-state index contributed by atoms with van der Waals surface area (Å²) in [7, 11) is 0. The molecule has 1 aromatic rings. The quantitative estimate of drug-likeness (QED) is 0.774. The first kappa shape index (κ1) is 15.6. The molecule has 2 fully saturated rings. The van der Waals surface area contributed by atoms with Crippen molar-refractivity contribution in [2.24, 2.45) is 5.92 Å². The molecule has 0 aromatic heterocycles. The molecule has 1 saturated heterocycles. The second-order valence-corrected chi connectivity index (χ2v) is 6.13. The van der Waals surface area contributed by atoms with Crippen LogP contribution in [0.1, 0.15) is 23.2 Å². The van der Waals surface area contributed by atoms with Gasteiger partial charge in [0.15, 0.2) is 0 Å². The van der Waals surface area contributed by atoms with Gasteiger partial charge in [-0.2, -0.15) is 0 Å². The van der Waals surface area contributed by atoms with Crippen LogP contribution >= 0.6 is 11.6 Å². The lowest BCUT2D eigenvalue weighted by Crippen LogP contribution is -2.46. The number of benzene rings is 1. The summed E-state index contributed by atoms with van der Waals surface area (Å²) < 4.78 is 0. The number of carbonyl (C=O) groups excluding carboxylic acids is 2. The number of amides is 3. The van der Waals surface area contributed by atoms with Crippen molar-refractivity contribution in [1.82, 2.24) is 10.6 Å². The van der Waals surface area contributed by atoms with Gasteiger partial charge in [0.05, 0.1) is 16.6 Å². The van der Waals surface area contributed by atoms with Crippen molar-refractivity contribution < 1.29 is 19.5 Å². The summed E-state index contributed by atoms with van der Waals surface area (Å²) in [6, 6.07) is 4.38. The van der Waals surface area contributed by atoms with Crippen LogP contribution in [0.3, 0.4) is 0 Å². The van der Waals surface area contributed by atoms with Crippen LogP contribution in [0.15, 0.2) is 18.2 Å². The Bertz CT molecular complexity index is 673. The van der Waals surface area contributed by atoms with Crippen LogP contribution in [0, 0.1) is 5.92 Å². The molecule has 122 valence electrons. The van der Waals surface area contributed by atoms with Gasteiger partial charge in [-0.15, -0.1) is 0 Å². The summed E-state index contributed by atoms with van der Waals surface area (Å²) in [6.07, 6.45) is 0.881. The summed E-state index contributed by atoms with van der Waals surface area (Å²) >= 11 is 6.13. The zero-order chi connectivity index (χ0) is 16.6. The highest BCUT2D eigenvalue weighted by Gasteiger charge is 2.35. The molecule has 1 aliphatic heterocycles. The molecule has 1 aromatic carbocycles. The SMILES string of the molecule is O=C(NC1CC(C(=O)O)C1)c1ccc(Cl)c(N2CCNC2=O)c1. The van der Waals surface area contributed by atoms with E-state index >= 15 is 0 Å². The fraction of sp³-hybridized carbons (Fsp3) is 0.400. The molecule has 0 radical (unpaired) electrons. The third kappa shape index (κ3) is 3.10. The van der Waals surface area contributed by atoms with Crippen LogP contribution in [0.4, 0.5) is 10.5 Å². The predicted octanol–water partition coefficient (Wildman–Crippen LogP) is 1.46. The smallest absolute Gasteiger partial charge is 0.322 e. The van der Waals surface area contributed by atoms with E-state index in [0.29, 0.717) is 42.2 Å². The third-order valence-corrected chi connectivity index (χ3v) is 4.50. The van der Waals surface area contributed by atoms with E-state index in [4.69, 9.17) is 16.7 Å². The Labute approximate surface area is 137 Å². The van der Waals surface area contributed by atoms with Gasteiger partial charge in [0.1, 0.15) is 0 Å². The molecule has 23 heavy (non-hydrogen) atoms. The average Bonchev–Trinajstić information content (AvgIpc) is 2.88. The number of carbonyl (C=O) groups is 3. The van der Waals surface area contributed by atoms with Crippen LogP contribution < -0.4 is 15.5 Å². The van der Waals surface area contributed by atoms with Crippen molar-refractivity contribution in [1.29, 1.82) is 0 Å². The van der Waals surface area contributed by atoms with E-state index in [9.17, 15) is 14.4 Å². The summed E-state index contributed by atoms with van der Waals surface area (Å²) in [5.74, 6) is -1.50. The Kier molecular flexibility index (Phi) is 4.12. The predicted molar refractivity (Wildman–Crippen MR) is 83.8 cm³/mol. The number of hydrogen-bond acceptors (Lipinski definition) is 3. The highest BCUT2D eigenvalue weighted by Crippen LogP contribution is 2.30. The number of aliphatic carboxylic acids is 1. The van der Waals surface area contributed by atoms with E-state index in [1.165, 1.54) is 4.90 Å². The van der Waals surface area contributed by atoms with E-state index in [1.807, 2.05) is 0 Å². The van der Waals surface area contributed by atoms with Crippen LogP contribution in [0.5, 0.6) is 0 Å². The number of carboxylic acids is 1. The lowest BCUT2D eigenvalue weighted by atomic mass is 9.80. The van der Waals surface area contributed by atoms with Gasteiger partial charge in [-0.05, 0) is 31.0 Å². The first-order valence-corrected chi connectivity index (χ1v) is 7.72. The second-order valence-electron chi connectivity index (χ2n) is 5.73. The number of nitrogens with one attached hydrogen (secondary N) is 2. The topological polar surface area (TPSA) is 98.7 Å². The first-order valence-electron chi connectivity index (χ1n) is 7.34. The number of rotatable bonds is 4. The first-order chi connectivity index (χ1) is 11.0. The zero-order valence-corrected chi connectivity index (χ0v) is 13.0. The molecule has 2 aliphatic rings. The van der Waals surface area contributed by atoms with Crippen LogP contribution in [-0.4, -0.2) is 42.1 Å². The van der Waals surface area contributed by atoms with Gasteiger partial charge in [0.2, 0.25) is 0 Å². The van der Waals surface area contributed by atoms with Crippen molar-refractivity contribution in [3.63, 3.8) is 0 Å². The van der Waals surface area contributed by atoms with Crippen LogP contribution in [0.2, 0.25) is 5.02 Å². The van der Waals surface area contributed by atoms with E-state index in [-0.39, 0.29) is 23.9 Å². The molecule has 3 rings (SSSR count). The number of anilines is 1. The molecule has 0 atom stereocenters. The van der Waals surface area contributed by atoms with Crippen molar-refractivity contribution in [2.45, 2.75) is 18.9 Å². The number of halogens is 1. The molecule has 0 bridgehead atoms. The Morgan fingerprint density at radius 3 is 2.70 bits per heavy atom. The Balaban J connectivity index is 1.69. The molecule has 7 nitrogen and oxygen atoms in total. The molecule has 1 aliphatic carbocycles. The summed E-state index contributed by atoms with van der Waals surface area (Å²) in [5.41, 5.74) is 0.884. The van der Waals surface area contributed by atoms with E-state index in [1.54, 1.807) is 18.2 Å². The Morgan fingerprint density at radius 1 is 1.35 bits per heavy atom. The highest BCUT2D eigenvalue weighted by atomic mass is 35.5. The lowest BCUT2D eigenvalue weighted by Gasteiger charge is -2.32. The van der Waals surface area contributed by atoms with Gasteiger partial charge in [-0.3, -0.25) is 14.5 Å².